The Labute approximate surface area is 169 Å². The van der Waals surface area contributed by atoms with Crippen molar-refractivity contribution in [2.45, 2.75) is 37.9 Å². The number of likely N-dealkylation sites (tertiary alicyclic amines) is 1. The minimum atomic E-state index is -0.167. The first kappa shape index (κ1) is 19.2. The second kappa shape index (κ2) is 8.06. The van der Waals surface area contributed by atoms with Gasteiger partial charge in [-0.15, -0.1) is 5.10 Å². The smallest absolute Gasteiger partial charge is 0.273 e. The Bertz CT molecular complexity index is 847. The van der Waals surface area contributed by atoms with Crippen LogP contribution in [0.4, 0.5) is 0 Å². The normalized spacial score (nSPS) is 18.5. The lowest BCUT2D eigenvalue weighted by molar-refractivity contribution is 0.0672. The van der Waals surface area contributed by atoms with Crippen molar-refractivity contribution < 1.29 is 9.53 Å². The number of nitrogens with zero attached hydrogens (tertiary/aromatic N) is 4. The number of amides is 1. The molecule has 0 spiro atoms. The fourth-order valence-corrected chi connectivity index (χ4v) is 3.74. The Balaban J connectivity index is 1.31. The van der Waals surface area contributed by atoms with Crippen LogP contribution >= 0.6 is 11.6 Å². The van der Waals surface area contributed by atoms with Crippen molar-refractivity contribution in [2.75, 3.05) is 26.2 Å². The standard InChI is InChI=1S/C19H25ClN6O2/c1-12(15-3-2-4-17(18(15)20)28-8-7-21)25-9-13(10-25)22-19(27)16-11-26(24-23-16)14-5-6-14/h2-4,11-14H,5-10,21H2,1H3,(H,22,27). The Morgan fingerprint density at radius 1 is 1.43 bits per heavy atom. The zero-order valence-electron chi connectivity index (χ0n) is 15.8. The van der Waals surface area contributed by atoms with E-state index in [0.29, 0.717) is 35.7 Å². The Kier molecular flexibility index (Phi) is 5.52. The number of nitrogens with two attached hydrogens (primary N) is 1. The molecule has 1 aliphatic heterocycles. The molecule has 2 aliphatic rings. The van der Waals surface area contributed by atoms with Gasteiger partial charge in [-0.2, -0.15) is 0 Å². The van der Waals surface area contributed by atoms with Crippen LogP contribution in [0.25, 0.3) is 0 Å². The van der Waals surface area contributed by atoms with E-state index in [1.165, 1.54) is 0 Å². The molecule has 3 N–H and O–H groups in total. The topological polar surface area (TPSA) is 98.3 Å². The maximum Gasteiger partial charge on any atom is 0.273 e. The molecule has 9 heteroatoms. The summed E-state index contributed by atoms with van der Waals surface area (Å²) in [7, 11) is 0. The van der Waals surface area contributed by atoms with Gasteiger partial charge in [0.25, 0.3) is 5.91 Å². The van der Waals surface area contributed by atoms with E-state index in [9.17, 15) is 4.79 Å². The summed E-state index contributed by atoms with van der Waals surface area (Å²) < 4.78 is 7.39. The molecule has 1 aromatic carbocycles. The average molecular weight is 405 g/mol. The molecule has 1 unspecified atom stereocenters. The first-order chi connectivity index (χ1) is 13.6. The van der Waals surface area contributed by atoms with Crippen LogP contribution in [0.1, 0.15) is 47.9 Å². The molecule has 0 radical (unpaired) electrons. The van der Waals surface area contributed by atoms with Gasteiger partial charge in [0.15, 0.2) is 5.69 Å². The zero-order valence-corrected chi connectivity index (χ0v) is 16.6. The van der Waals surface area contributed by atoms with Crippen LogP contribution in [0.15, 0.2) is 24.4 Å². The highest BCUT2D eigenvalue weighted by Crippen LogP contribution is 2.36. The van der Waals surface area contributed by atoms with E-state index in [1.807, 2.05) is 18.2 Å². The van der Waals surface area contributed by atoms with Crippen molar-refractivity contribution in [3.63, 3.8) is 0 Å². The van der Waals surface area contributed by atoms with Crippen molar-refractivity contribution in [2.24, 2.45) is 5.73 Å². The number of hydrogen-bond donors (Lipinski definition) is 2. The van der Waals surface area contributed by atoms with Crippen LogP contribution in [0.2, 0.25) is 5.02 Å². The fraction of sp³-hybridized carbons (Fsp3) is 0.526. The summed E-state index contributed by atoms with van der Waals surface area (Å²) in [6, 6.07) is 6.43. The van der Waals surface area contributed by atoms with E-state index < -0.39 is 0 Å². The maximum absolute atomic E-state index is 12.4. The molecule has 2 fully saturated rings. The summed E-state index contributed by atoms with van der Waals surface area (Å²) in [5, 5.41) is 11.7. The second-order valence-corrected chi connectivity index (χ2v) is 7.79. The Hall–Kier alpha value is -2.16. The van der Waals surface area contributed by atoms with Gasteiger partial charge in [-0.1, -0.05) is 28.9 Å². The minimum Gasteiger partial charge on any atom is -0.491 e. The molecular weight excluding hydrogens is 380 g/mol. The molecule has 1 atom stereocenters. The molecule has 28 heavy (non-hydrogen) atoms. The predicted octanol–water partition coefficient (Wildman–Crippen LogP) is 1.78. The van der Waals surface area contributed by atoms with Gasteiger partial charge in [0.1, 0.15) is 12.4 Å². The van der Waals surface area contributed by atoms with Gasteiger partial charge in [0.05, 0.1) is 23.3 Å². The van der Waals surface area contributed by atoms with Gasteiger partial charge in [-0.25, -0.2) is 4.68 Å². The lowest BCUT2D eigenvalue weighted by Crippen LogP contribution is -2.59. The molecule has 1 amide bonds. The lowest BCUT2D eigenvalue weighted by Gasteiger charge is -2.43. The molecule has 8 nitrogen and oxygen atoms in total. The van der Waals surface area contributed by atoms with Gasteiger partial charge in [0, 0.05) is 25.7 Å². The number of aromatic nitrogens is 3. The van der Waals surface area contributed by atoms with Crippen LogP contribution in [0, 0.1) is 0 Å². The minimum absolute atomic E-state index is 0.0940. The van der Waals surface area contributed by atoms with Gasteiger partial charge in [-0.05, 0) is 31.4 Å². The van der Waals surface area contributed by atoms with Crippen molar-refractivity contribution in [1.29, 1.82) is 0 Å². The lowest BCUT2D eigenvalue weighted by atomic mass is 10.00. The molecule has 1 aromatic heterocycles. The third-order valence-corrected chi connectivity index (χ3v) is 5.68. The number of halogens is 1. The van der Waals surface area contributed by atoms with Gasteiger partial charge >= 0.3 is 0 Å². The Morgan fingerprint density at radius 2 is 2.21 bits per heavy atom. The number of carbonyl (C=O) groups excluding carboxylic acids is 1. The first-order valence-electron chi connectivity index (χ1n) is 9.65. The number of nitrogens with one attached hydrogen (secondary N) is 1. The number of ether oxygens (including phenoxy) is 1. The summed E-state index contributed by atoms with van der Waals surface area (Å²) in [5.74, 6) is 0.486. The van der Waals surface area contributed by atoms with Crippen molar-refractivity contribution in [3.8, 4) is 5.75 Å². The summed E-state index contributed by atoms with van der Waals surface area (Å²) in [6.45, 7) is 4.49. The van der Waals surface area contributed by atoms with Crippen molar-refractivity contribution in [1.82, 2.24) is 25.2 Å². The number of carbonyl (C=O) groups is 1. The predicted molar refractivity (Wildman–Crippen MR) is 106 cm³/mol. The van der Waals surface area contributed by atoms with Crippen molar-refractivity contribution >= 4 is 17.5 Å². The van der Waals surface area contributed by atoms with E-state index in [1.54, 1.807) is 10.9 Å². The van der Waals surface area contributed by atoms with E-state index >= 15 is 0 Å². The zero-order chi connectivity index (χ0) is 19.7. The summed E-state index contributed by atoms with van der Waals surface area (Å²) in [6.07, 6.45) is 3.96. The van der Waals surface area contributed by atoms with Gasteiger partial charge in [-0.3, -0.25) is 9.69 Å². The molecule has 0 bridgehead atoms. The highest BCUT2D eigenvalue weighted by molar-refractivity contribution is 6.32. The molecule has 1 saturated heterocycles. The van der Waals surface area contributed by atoms with E-state index in [4.69, 9.17) is 22.1 Å². The second-order valence-electron chi connectivity index (χ2n) is 7.41. The van der Waals surface area contributed by atoms with Crippen LogP contribution in [0.5, 0.6) is 5.75 Å². The van der Waals surface area contributed by atoms with E-state index in [2.05, 4.69) is 27.5 Å². The molecule has 150 valence electrons. The number of benzene rings is 1. The molecule has 4 rings (SSSR count). The number of rotatable bonds is 8. The Morgan fingerprint density at radius 3 is 2.93 bits per heavy atom. The first-order valence-corrected chi connectivity index (χ1v) is 10.0. The quantitative estimate of drug-likeness (QED) is 0.695. The summed E-state index contributed by atoms with van der Waals surface area (Å²) in [4.78, 5) is 14.6. The SMILES string of the molecule is CC(c1cccc(OCCN)c1Cl)N1CC(NC(=O)c2cn(C3CC3)nn2)C1. The highest BCUT2D eigenvalue weighted by atomic mass is 35.5. The van der Waals surface area contributed by atoms with Crippen molar-refractivity contribution in [3.05, 3.63) is 40.7 Å². The summed E-state index contributed by atoms with van der Waals surface area (Å²) >= 11 is 6.52. The van der Waals surface area contributed by atoms with Crippen LogP contribution < -0.4 is 15.8 Å². The van der Waals surface area contributed by atoms with E-state index in [0.717, 1.165) is 31.5 Å². The monoisotopic (exact) mass is 404 g/mol. The van der Waals surface area contributed by atoms with Gasteiger partial charge in [0.2, 0.25) is 0 Å². The van der Waals surface area contributed by atoms with E-state index in [-0.39, 0.29) is 18.0 Å². The molecule has 1 aliphatic carbocycles. The molecule has 2 heterocycles. The van der Waals surface area contributed by atoms with Crippen LogP contribution in [-0.4, -0.2) is 58.1 Å². The summed E-state index contributed by atoms with van der Waals surface area (Å²) in [5.41, 5.74) is 6.89. The van der Waals surface area contributed by atoms with Crippen LogP contribution in [0.3, 0.4) is 0 Å². The van der Waals surface area contributed by atoms with Gasteiger partial charge < -0.3 is 15.8 Å². The highest BCUT2D eigenvalue weighted by Gasteiger charge is 2.34. The third-order valence-electron chi connectivity index (χ3n) is 5.28. The maximum atomic E-state index is 12.4. The number of hydrogen-bond acceptors (Lipinski definition) is 6. The molecule has 2 aromatic rings. The fourth-order valence-electron chi connectivity index (χ4n) is 3.41. The molecular formula is C19H25ClN6O2. The van der Waals surface area contributed by atoms with Crippen LogP contribution in [-0.2, 0) is 0 Å². The third kappa shape index (κ3) is 3.99. The molecule has 1 saturated carbocycles. The largest absolute Gasteiger partial charge is 0.491 e. The average Bonchev–Trinajstić information content (AvgIpc) is 3.39.